The average molecular weight is 518 g/mol. The minimum atomic E-state index is 0.509. The molecule has 1 aromatic heterocycles. The number of nitrogens with zero attached hydrogens (tertiary/aromatic N) is 4. The van der Waals surface area contributed by atoms with Gasteiger partial charge in [0.2, 0.25) is 5.95 Å². The first kappa shape index (κ1) is 27.4. The van der Waals surface area contributed by atoms with Crippen molar-refractivity contribution in [3.05, 3.63) is 66.4 Å². The van der Waals surface area contributed by atoms with Gasteiger partial charge >= 0.3 is 0 Å². The lowest BCUT2D eigenvalue weighted by Gasteiger charge is -2.23. The SMILES string of the molecule is CCN(CC)CCOc1c2cc(cc1OC)Nc1nccc(n1)-c1cccc(c1)OCC/C=C/CN(C)C2. The number of methoxy groups -OCH3 is 1. The summed E-state index contributed by atoms with van der Waals surface area (Å²) in [6.07, 6.45) is 6.95. The van der Waals surface area contributed by atoms with Crippen molar-refractivity contribution >= 4 is 11.6 Å². The minimum absolute atomic E-state index is 0.509. The van der Waals surface area contributed by atoms with Gasteiger partial charge in [-0.2, -0.15) is 0 Å². The van der Waals surface area contributed by atoms with Gasteiger partial charge in [-0.15, -0.1) is 0 Å². The molecule has 0 amide bonds. The van der Waals surface area contributed by atoms with Crippen LogP contribution in [-0.2, 0) is 6.54 Å². The number of aromatic nitrogens is 2. The van der Waals surface area contributed by atoms with Crippen molar-refractivity contribution in [1.29, 1.82) is 0 Å². The van der Waals surface area contributed by atoms with E-state index in [1.54, 1.807) is 13.3 Å². The van der Waals surface area contributed by atoms with Gasteiger partial charge in [-0.1, -0.05) is 38.1 Å². The Balaban J connectivity index is 1.68. The second kappa shape index (κ2) is 13.8. The molecule has 8 nitrogen and oxygen atoms in total. The predicted molar refractivity (Wildman–Crippen MR) is 153 cm³/mol. The van der Waals surface area contributed by atoms with E-state index in [9.17, 15) is 0 Å². The Hall–Kier alpha value is -3.62. The highest BCUT2D eigenvalue weighted by molar-refractivity contribution is 5.66. The highest BCUT2D eigenvalue weighted by Crippen LogP contribution is 2.36. The first-order valence-corrected chi connectivity index (χ1v) is 13.3. The van der Waals surface area contributed by atoms with Crippen molar-refractivity contribution in [2.45, 2.75) is 26.8 Å². The van der Waals surface area contributed by atoms with Crippen molar-refractivity contribution in [2.24, 2.45) is 0 Å². The summed E-state index contributed by atoms with van der Waals surface area (Å²) in [5, 5.41) is 3.38. The third-order valence-corrected chi connectivity index (χ3v) is 6.52. The Morgan fingerprint density at radius 2 is 1.97 bits per heavy atom. The molecule has 6 bridgehead atoms. The zero-order valence-electron chi connectivity index (χ0n) is 22.9. The standard InChI is InChI=1S/C30H39N5O3/c1-5-35(6-2)16-18-38-29-24-19-25(21-28(29)36-4)32-30-31-14-13-27(33-30)23-11-10-12-26(20-23)37-17-9-7-8-15-34(3)22-24/h7-8,10-14,19-21H,5-6,9,15-18,22H2,1-4H3,(H,31,32,33)/b8-7+. The first-order chi connectivity index (χ1) is 18.6. The van der Waals surface area contributed by atoms with Crippen molar-refractivity contribution in [3.63, 3.8) is 0 Å². The normalized spacial score (nSPS) is 15.1. The van der Waals surface area contributed by atoms with E-state index in [2.05, 4.69) is 59.2 Å². The maximum Gasteiger partial charge on any atom is 0.227 e. The minimum Gasteiger partial charge on any atom is -0.493 e. The number of hydrogen-bond donors (Lipinski definition) is 1. The van der Waals surface area contributed by atoms with Crippen LogP contribution in [0.2, 0.25) is 0 Å². The smallest absolute Gasteiger partial charge is 0.227 e. The van der Waals surface area contributed by atoms with Gasteiger partial charge in [0.05, 0.1) is 19.4 Å². The number of ether oxygens (including phenoxy) is 3. The second-order valence-electron chi connectivity index (χ2n) is 9.27. The molecule has 0 fully saturated rings. The summed E-state index contributed by atoms with van der Waals surface area (Å²) >= 11 is 0. The van der Waals surface area contributed by atoms with E-state index in [1.165, 1.54) is 0 Å². The second-order valence-corrected chi connectivity index (χ2v) is 9.27. The van der Waals surface area contributed by atoms with Gasteiger partial charge in [-0.05, 0) is 50.8 Å². The maximum absolute atomic E-state index is 6.34. The van der Waals surface area contributed by atoms with Gasteiger partial charge < -0.3 is 24.4 Å². The third-order valence-electron chi connectivity index (χ3n) is 6.52. The first-order valence-electron chi connectivity index (χ1n) is 13.3. The Morgan fingerprint density at radius 3 is 2.79 bits per heavy atom. The lowest BCUT2D eigenvalue weighted by atomic mass is 10.1. The molecule has 1 aliphatic heterocycles. The van der Waals surface area contributed by atoms with Gasteiger partial charge in [-0.25, -0.2) is 9.97 Å². The van der Waals surface area contributed by atoms with Gasteiger partial charge in [0.15, 0.2) is 11.5 Å². The molecular weight excluding hydrogens is 478 g/mol. The summed E-state index contributed by atoms with van der Waals surface area (Å²) in [5.74, 6) is 2.79. The monoisotopic (exact) mass is 517 g/mol. The third kappa shape index (κ3) is 7.46. The molecule has 0 radical (unpaired) electrons. The lowest BCUT2D eigenvalue weighted by Crippen LogP contribution is -2.28. The quantitative estimate of drug-likeness (QED) is 0.419. The van der Waals surface area contributed by atoms with Crippen molar-refractivity contribution in [1.82, 2.24) is 19.8 Å². The van der Waals surface area contributed by atoms with Crippen LogP contribution in [0, 0.1) is 0 Å². The van der Waals surface area contributed by atoms with Gasteiger partial charge in [-0.3, -0.25) is 4.90 Å². The van der Waals surface area contributed by atoms with E-state index >= 15 is 0 Å². The van der Waals surface area contributed by atoms with E-state index in [0.29, 0.717) is 31.5 Å². The van der Waals surface area contributed by atoms with Crippen LogP contribution >= 0.6 is 0 Å². The molecule has 0 unspecified atom stereocenters. The van der Waals surface area contributed by atoms with E-state index in [0.717, 1.165) is 66.6 Å². The van der Waals surface area contributed by atoms with E-state index in [4.69, 9.17) is 19.2 Å². The van der Waals surface area contributed by atoms with Crippen molar-refractivity contribution < 1.29 is 14.2 Å². The molecule has 0 aliphatic carbocycles. The summed E-state index contributed by atoms with van der Waals surface area (Å²) in [5.41, 5.74) is 3.67. The van der Waals surface area contributed by atoms with E-state index in [-0.39, 0.29) is 0 Å². The molecule has 2 heterocycles. The van der Waals surface area contributed by atoms with E-state index < -0.39 is 0 Å². The molecule has 38 heavy (non-hydrogen) atoms. The van der Waals surface area contributed by atoms with Crippen LogP contribution in [0.5, 0.6) is 17.2 Å². The van der Waals surface area contributed by atoms with Gasteiger partial charge in [0.25, 0.3) is 0 Å². The molecule has 2 aromatic carbocycles. The number of fused-ring (bicyclic) bond motifs is 7. The predicted octanol–water partition coefficient (Wildman–Crippen LogP) is 5.39. The number of nitrogens with one attached hydrogen (secondary N) is 1. The van der Waals surface area contributed by atoms with Gasteiger partial charge in [0, 0.05) is 48.7 Å². The van der Waals surface area contributed by atoms with Crippen LogP contribution in [0.1, 0.15) is 25.8 Å². The topological polar surface area (TPSA) is 72.0 Å². The number of hydrogen-bond acceptors (Lipinski definition) is 8. The largest absolute Gasteiger partial charge is 0.493 e. The summed E-state index contributed by atoms with van der Waals surface area (Å²) in [6, 6.07) is 13.9. The number of anilines is 2. The molecular formula is C30H39N5O3. The Bertz CT molecular complexity index is 1210. The van der Waals surface area contributed by atoms with Crippen LogP contribution in [0.4, 0.5) is 11.6 Å². The number of benzene rings is 2. The zero-order valence-corrected chi connectivity index (χ0v) is 22.9. The fourth-order valence-corrected chi connectivity index (χ4v) is 4.41. The molecule has 4 rings (SSSR count). The summed E-state index contributed by atoms with van der Waals surface area (Å²) in [4.78, 5) is 13.8. The molecule has 8 heteroatoms. The number of rotatable bonds is 7. The molecule has 3 aromatic rings. The van der Waals surface area contributed by atoms with Crippen LogP contribution in [0.25, 0.3) is 11.3 Å². The summed E-state index contributed by atoms with van der Waals surface area (Å²) in [6.45, 7) is 9.89. The Morgan fingerprint density at radius 1 is 1.11 bits per heavy atom. The fourth-order valence-electron chi connectivity index (χ4n) is 4.41. The molecule has 0 saturated carbocycles. The molecule has 0 atom stereocenters. The van der Waals surface area contributed by atoms with Crippen molar-refractivity contribution in [2.75, 3.05) is 58.9 Å². The Labute approximate surface area is 226 Å². The zero-order chi connectivity index (χ0) is 26.7. The van der Waals surface area contributed by atoms with Gasteiger partial charge in [0.1, 0.15) is 12.4 Å². The van der Waals surface area contributed by atoms with E-state index in [1.807, 2.05) is 36.4 Å². The maximum atomic E-state index is 6.34. The molecule has 0 saturated heterocycles. The van der Waals surface area contributed by atoms with Crippen molar-refractivity contribution in [3.8, 4) is 28.5 Å². The van der Waals surface area contributed by atoms with Crippen LogP contribution in [0.3, 0.4) is 0 Å². The highest BCUT2D eigenvalue weighted by Gasteiger charge is 2.16. The average Bonchev–Trinajstić information content (AvgIpc) is 2.93. The Kier molecular flexibility index (Phi) is 9.95. The summed E-state index contributed by atoms with van der Waals surface area (Å²) < 4.78 is 18.1. The molecule has 0 spiro atoms. The lowest BCUT2D eigenvalue weighted by molar-refractivity contribution is 0.214. The summed E-state index contributed by atoms with van der Waals surface area (Å²) in [7, 11) is 3.78. The fraction of sp³-hybridized carbons (Fsp3) is 0.400. The molecule has 1 N–H and O–H groups in total. The highest BCUT2D eigenvalue weighted by atomic mass is 16.5. The molecule has 202 valence electrons. The van der Waals surface area contributed by atoms with Crippen LogP contribution in [-0.4, -0.2) is 73.3 Å². The van der Waals surface area contributed by atoms with Crippen LogP contribution in [0.15, 0.2) is 60.8 Å². The number of likely N-dealkylation sites (N-methyl/N-ethyl adjacent to an activating group) is 2. The van der Waals surface area contributed by atoms with Crippen LogP contribution < -0.4 is 19.5 Å². The molecule has 1 aliphatic rings.